The van der Waals surface area contributed by atoms with Crippen LogP contribution in [0.3, 0.4) is 0 Å². The lowest BCUT2D eigenvalue weighted by molar-refractivity contribution is -0.0289. The summed E-state index contributed by atoms with van der Waals surface area (Å²) in [6, 6.07) is 0.171. The summed E-state index contributed by atoms with van der Waals surface area (Å²) in [5.41, 5.74) is 6.15. The molecule has 1 aliphatic rings. The summed E-state index contributed by atoms with van der Waals surface area (Å²) in [7, 11) is 3.52. The summed E-state index contributed by atoms with van der Waals surface area (Å²) >= 11 is 0. The molecule has 0 aromatic heterocycles. The highest BCUT2D eigenvalue weighted by molar-refractivity contribution is 4.94. The SMILES string of the molecule is COCCCC(N)C1(OC)CCCC1. The third-order valence-corrected chi connectivity index (χ3v) is 3.40. The summed E-state index contributed by atoms with van der Waals surface area (Å²) in [4.78, 5) is 0. The molecule has 1 rings (SSSR count). The molecule has 1 aliphatic carbocycles. The van der Waals surface area contributed by atoms with E-state index in [9.17, 15) is 0 Å². The van der Waals surface area contributed by atoms with E-state index in [4.69, 9.17) is 15.2 Å². The molecule has 0 amide bonds. The average Bonchev–Trinajstić information content (AvgIpc) is 2.67. The van der Waals surface area contributed by atoms with E-state index in [-0.39, 0.29) is 11.6 Å². The van der Waals surface area contributed by atoms with Crippen molar-refractivity contribution < 1.29 is 9.47 Å². The predicted octanol–water partition coefficient (Wildman–Crippen LogP) is 1.70. The van der Waals surface area contributed by atoms with Crippen LogP contribution in [0.4, 0.5) is 0 Å². The van der Waals surface area contributed by atoms with E-state index in [0.29, 0.717) is 0 Å². The smallest absolute Gasteiger partial charge is 0.0828 e. The molecule has 2 N–H and O–H groups in total. The minimum absolute atomic E-state index is 0.0340. The van der Waals surface area contributed by atoms with Crippen molar-refractivity contribution in [3.8, 4) is 0 Å². The Balaban J connectivity index is 2.35. The zero-order valence-corrected chi connectivity index (χ0v) is 9.42. The van der Waals surface area contributed by atoms with Crippen molar-refractivity contribution in [2.24, 2.45) is 5.73 Å². The van der Waals surface area contributed by atoms with Crippen LogP contribution in [0.5, 0.6) is 0 Å². The third-order valence-electron chi connectivity index (χ3n) is 3.40. The fourth-order valence-electron chi connectivity index (χ4n) is 2.41. The first-order chi connectivity index (χ1) is 6.75. The van der Waals surface area contributed by atoms with Crippen molar-refractivity contribution in [2.45, 2.75) is 50.2 Å². The first kappa shape index (κ1) is 12.0. The molecule has 1 saturated carbocycles. The van der Waals surface area contributed by atoms with Gasteiger partial charge in [0.05, 0.1) is 5.60 Å². The van der Waals surface area contributed by atoms with Gasteiger partial charge in [-0.25, -0.2) is 0 Å². The van der Waals surface area contributed by atoms with Crippen LogP contribution in [0.2, 0.25) is 0 Å². The lowest BCUT2D eigenvalue weighted by atomic mass is 9.89. The molecule has 0 radical (unpaired) electrons. The highest BCUT2D eigenvalue weighted by atomic mass is 16.5. The van der Waals surface area contributed by atoms with Crippen molar-refractivity contribution >= 4 is 0 Å². The number of rotatable bonds is 6. The second-order valence-electron chi connectivity index (χ2n) is 4.22. The molecule has 1 fully saturated rings. The molecule has 3 nitrogen and oxygen atoms in total. The van der Waals surface area contributed by atoms with E-state index in [1.54, 1.807) is 14.2 Å². The maximum atomic E-state index is 6.18. The molecular weight excluding hydrogens is 178 g/mol. The molecule has 0 bridgehead atoms. The molecular formula is C11H23NO2. The monoisotopic (exact) mass is 201 g/mol. The van der Waals surface area contributed by atoms with Gasteiger partial charge in [0.15, 0.2) is 0 Å². The Morgan fingerprint density at radius 3 is 2.43 bits per heavy atom. The lowest BCUT2D eigenvalue weighted by Crippen LogP contribution is -2.47. The fraction of sp³-hybridized carbons (Fsp3) is 1.00. The quantitative estimate of drug-likeness (QED) is 0.665. The average molecular weight is 201 g/mol. The zero-order chi connectivity index (χ0) is 10.4. The van der Waals surface area contributed by atoms with Gasteiger partial charge in [0.1, 0.15) is 0 Å². The Bertz CT molecular complexity index is 155. The maximum absolute atomic E-state index is 6.18. The summed E-state index contributed by atoms with van der Waals surface area (Å²) in [5, 5.41) is 0. The van der Waals surface area contributed by atoms with Crippen molar-refractivity contribution in [3.63, 3.8) is 0 Å². The predicted molar refractivity (Wildman–Crippen MR) is 57.3 cm³/mol. The summed E-state index contributed by atoms with van der Waals surface area (Å²) in [6.45, 7) is 0.799. The van der Waals surface area contributed by atoms with Gasteiger partial charge in [-0.05, 0) is 25.7 Å². The van der Waals surface area contributed by atoms with Crippen molar-refractivity contribution in [2.75, 3.05) is 20.8 Å². The van der Waals surface area contributed by atoms with Gasteiger partial charge in [-0.15, -0.1) is 0 Å². The summed E-state index contributed by atoms with van der Waals surface area (Å²) in [5.74, 6) is 0. The molecule has 3 heteroatoms. The first-order valence-corrected chi connectivity index (χ1v) is 5.55. The summed E-state index contributed by atoms with van der Waals surface area (Å²) in [6.07, 6.45) is 6.79. The number of ether oxygens (including phenoxy) is 2. The van der Waals surface area contributed by atoms with Crippen molar-refractivity contribution in [3.05, 3.63) is 0 Å². The Morgan fingerprint density at radius 2 is 1.93 bits per heavy atom. The van der Waals surface area contributed by atoms with Gasteiger partial charge in [-0.3, -0.25) is 0 Å². The van der Waals surface area contributed by atoms with Gasteiger partial charge in [0.25, 0.3) is 0 Å². The molecule has 0 aromatic rings. The Morgan fingerprint density at radius 1 is 1.29 bits per heavy atom. The van der Waals surface area contributed by atoms with Crippen LogP contribution in [-0.4, -0.2) is 32.5 Å². The number of nitrogens with two attached hydrogens (primary N) is 1. The second-order valence-corrected chi connectivity index (χ2v) is 4.22. The van der Waals surface area contributed by atoms with Gasteiger partial charge in [0, 0.05) is 26.9 Å². The van der Waals surface area contributed by atoms with Crippen LogP contribution < -0.4 is 5.73 Å². The topological polar surface area (TPSA) is 44.5 Å². The molecule has 1 atom stereocenters. The number of hydrogen-bond acceptors (Lipinski definition) is 3. The van der Waals surface area contributed by atoms with E-state index < -0.39 is 0 Å². The molecule has 1 unspecified atom stereocenters. The number of hydrogen-bond donors (Lipinski definition) is 1. The molecule has 0 heterocycles. The maximum Gasteiger partial charge on any atom is 0.0828 e. The molecule has 0 saturated heterocycles. The largest absolute Gasteiger partial charge is 0.385 e. The minimum atomic E-state index is -0.0340. The summed E-state index contributed by atoms with van der Waals surface area (Å²) < 4.78 is 10.7. The van der Waals surface area contributed by atoms with Crippen molar-refractivity contribution in [1.29, 1.82) is 0 Å². The Hall–Kier alpha value is -0.120. The van der Waals surface area contributed by atoms with E-state index in [1.165, 1.54) is 12.8 Å². The molecule has 0 aromatic carbocycles. The van der Waals surface area contributed by atoms with Gasteiger partial charge >= 0.3 is 0 Å². The van der Waals surface area contributed by atoms with Crippen LogP contribution in [0.15, 0.2) is 0 Å². The highest BCUT2D eigenvalue weighted by Crippen LogP contribution is 2.36. The van der Waals surface area contributed by atoms with Gasteiger partial charge in [-0.2, -0.15) is 0 Å². The van der Waals surface area contributed by atoms with Crippen LogP contribution in [0.1, 0.15) is 38.5 Å². The first-order valence-electron chi connectivity index (χ1n) is 5.55. The highest BCUT2D eigenvalue weighted by Gasteiger charge is 2.39. The zero-order valence-electron chi connectivity index (χ0n) is 9.42. The van der Waals surface area contributed by atoms with E-state index in [0.717, 1.165) is 32.3 Å². The standard InChI is InChI=1S/C11H23NO2/c1-13-9-5-6-10(12)11(14-2)7-3-4-8-11/h10H,3-9,12H2,1-2H3. The minimum Gasteiger partial charge on any atom is -0.385 e. The van der Waals surface area contributed by atoms with Gasteiger partial charge in [0.2, 0.25) is 0 Å². The second kappa shape index (κ2) is 5.69. The Labute approximate surface area is 86.9 Å². The lowest BCUT2D eigenvalue weighted by Gasteiger charge is -2.33. The van der Waals surface area contributed by atoms with Crippen LogP contribution in [0, 0.1) is 0 Å². The molecule has 0 spiro atoms. The molecule has 14 heavy (non-hydrogen) atoms. The normalized spacial score (nSPS) is 22.5. The Kier molecular flexibility index (Phi) is 4.85. The van der Waals surface area contributed by atoms with Crippen molar-refractivity contribution in [1.82, 2.24) is 0 Å². The molecule has 0 aliphatic heterocycles. The van der Waals surface area contributed by atoms with E-state index >= 15 is 0 Å². The van der Waals surface area contributed by atoms with Crippen LogP contribution >= 0.6 is 0 Å². The fourth-order valence-corrected chi connectivity index (χ4v) is 2.41. The van der Waals surface area contributed by atoms with Crippen LogP contribution in [-0.2, 0) is 9.47 Å². The number of methoxy groups -OCH3 is 2. The van der Waals surface area contributed by atoms with Crippen LogP contribution in [0.25, 0.3) is 0 Å². The van der Waals surface area contributed by atoms with Gasteiger partial charge < -0.3 is 15.2 Å². The third kappa shape index (κ3) is 2.69. The molecule has 84 valence electrons. The van der Waals surface area contributed by atoms with E-state index in [2.05, 4.69) is 0 Å². The van der Waals surface area contributed by atoms with Gasteiger partial charge in [-0.1, -0.05) is 12.8 Å². The van der Waals surface area contributed by atoms with E-state index in [1.807, 2.05) is 0 Å².